The number of carbonyl (C=O) groups is 1. The maximum Gasteiger partial charge on any atom is 0.348 e. The molecule has 1 unspecified atom stereocenters. The lowest BCUT2D eigenvalue weighted by atomic mass is 10.0. The Morgan fingerprint density at radius 2 is 2.41 bits per heavy atom. The van der Waals surface area contributed by atoms with Crippen molar-refractivity contribution in [2.45, 2.75) is 19.3 Å². The summed E-state index contributed by atoms with van der Waals surface area (Å²) in [6.07, 6.45) is 3.02. The van der Waals surface area contributed by atoms with Crippen molar-refractivity contribution in [3.8, 4) is 0 Å². The van der Waals surface area contributed by atoms with Gasteiger partial charge in [-0.05, 0) is 35.4 Å². The van der Waals surface area contributed by atoms with E-state index in [1.165, 1.54) is 24.5 Å². The minimum atomic E-state index is -0.486. The van der Waals surface area contributed by atoms with E-state index in [-0.39, 0.29) is 11.9 Å². The van der Waals surface area contributed by atoms with Crippen molar-refractivity contribution in [3.63, 3.8) is 0 Å². The van der Waals surface area contributed by atoms with Crippen LogP contribution < -0.4 is 0 Å². The van der Waals surface area contributed by atoms with Gasteiger partial charge >= 0.3 is 5.97 Å². The summed E-state index contributed by atoms with van der Waals surface area (Å²) in [7, 11) is 1.34. The minimum absolute atomic E-state index is 0.140. The van der Waals surface area contributed by atoms with Crippen LogP contribution in [0.2, 0.25) is 0 Å². The summed E-state index contributed by atoms with van der Waals surface area (Å²) in [6.45, 7) is 1.95. The van der Waals surface area contributed by atoms with Gasteiger partial charge in [0.25, 0.3) is 0 Å². The van der Waals surface area contributed by atoms with Crippen LogP contribution in [0.3, 0.4) is 0 Å². The number of rotatable bonds is 5. The van der Waals surface area contributed by atoms with Crippen LogP contribution in [0.25, 0.3) is 0 Å². The summed E-state index contributed by atoms with van der Waals surface area (Å²) in [6, 6.07) is 1.77. The van der Waals surface area contributed by atoms with Gasteiger partial charge in [-0.3, -0.25) is 10.1 Å². The molecule has 0 N–H and O–H groups in total. The molecule has 17 heavy (non-hydrogen) atoms. The van der Waals surface area contributed by atoms with E-state index in [4.69, 9.17) is 0 Å². The van der Waals surface area contributed by atoms with Crippen molar-refractivity contribution in [1.29, 1.82) is 0 Å². The fourth-order valence-electron chi connectivity index (χ4n) is 1.30. The predicted octanol–water partition coefficient (Wildman–Crippen LogP) is 2.82. The number of methoxy groups -OCH3 is 1. The van der Waals surface area contributed by atoms with Gasteiger partial charge in [-0.2, -0.15) is 0 Å². The third-order valence-electron chi connectivity index (χ3n) is 2.29. The van der Waals surface area contributed by atoms with Crippen molar-refractivity contribution < 1.29 is 14.5 Å². The van der Waals surface area contributed by atoms with Crippen molar-refractivity contribution in [2.24, 2.45) is 0 Å². The molecule has 5 nitrogen and oxygen atoms in total. The third kappa shape index (κ3) is 3.99. The number of hydrogen-bond donors (Lipinski definition) is 0. The highest BCUT2D eigenvalue weighted by Gasteiger charge is 2.12. The Bertz CT molecular complexity index is 438. The molecule has 0 fully saturated rings. The second kappa shape index (κ2) is 6.15. The number of nitrogens with zero attached hydrogens (tertiary/aromatic N) is 1. The number of carbonyl (C=O) groups excluding carboxylic acids is 1. The molecule has 0 aliphatic carbocycles. The van der Waals surface area contributed by atoms with E-state index in [1.54, 1.807) is 6.07 Å². The van der Waals surface area contributed by atoms with E-state index >= 15 is 0 Å². The second-order valence-electron chi connectivity index (χ2n) is 3.54. The first-order valence-electron chi connectivity index (χ1n) is 5.01. The van der Waals surface area contributed by atoms with Crippen molar-refractivity contribution >= 4 is 17.3 Å². The maximum atomic E-state index is 11.2. The predicted molar refractivity (Wildman–Crippen MR) is 64.8 cm³/mol. The van der Waals surface area contributed by atoms with Crippen LogP contribution in [0, 0.1) is 10.1 Å². The average Bonchev–Trinajstić information content (AvgIpc) is 2.76. The molecule has 1 aromatic rings. The number of esters is 1. The van der Waals surface area contributed by atoms with Gasteiger partial charge in [0.05, 0.1) is 12.0 Å². The second-order valence-corrected chi connectivity index (χ2v) is 4.45. The summed E-state index contributed by atoms with van der Waals surface area (Å²) in [4.78, 5) is 21.4. The van der Waals surface area contributed by atoms with Gasteiger partial charge in [-0.1, -0.05) is 6.92 Å². The molecular weight excluding hydrogens is 242 g/mol. The summed E-state index contributed by atoms with van der Waals surface area (Å²) < 4.78 is 4.61. The fourth-order valence-corrected chi connectivity index (χ4v) is 2.25. The first kappa shape index (κ1) is 13.4. The highest BCUT2D eigenvalue weighted by molar-refractivity contribution is 7.12. The Kier molecular flexibility index (Phi) is 4.84. The molecule has 92 valence electrons. The third-order valence-corrected chi connectivity index (χ3v) is 3.22. The summed E-state index contributed by atoms with van der Waals surface area (Å²) in [5, 5.41) is 12.0. The molecule has 1 atom stereocenters. The molecule has 0 aliphatic heterocycles. The lowest BCUT2D eigenvalue weighted by Gasteiger charge is -2.04. The molecule has 0 aromatic carbocycles. The SMILES string of the molecule is COC(=O)c1cc(C(C)CC=C[N+](=O)[O-])cs1. The van der Waals surface area contributed by atoms with Crippen molar-refractivity contribution in [2.75, 3.05) is 7.11 Å². The van der Waals surface area contributed by atoms with Crippen LogP contribution >= 0.6 is 11.3 Å². The Hall–Kier alpha value is -1.69. The van der Waals surface area contributed by atoms with Gasteiger partial charge in [-0.15, -0.1) is 11.3 Å². The highest BCUT2D eigenvalue weighted by atomic mass is 32.1. The quantitative estimate of drug-likeness (QED) is 0.461. The zero-order valence-electron chi connectivity index (χ0n) is 9.58. The van der Waals surface area contributed by atoms with E-state index in [9.17, 15) is 14.9 Å². The van der Waals surface area contributed by atoms with Crippen LogP contribution in [0.5, 0.6) is 0 Å². The molecule has 0 spiro atoms. The Morgan fingerprint density at radius 3 is 3.00 bits per heavy atom. The summed E-state index contributed by atoms with van der Waals surface area (Å²) in [5.41, 5.74) is 0.989. The maximum absolute atomic E-state index is 11.2. The smallest absolute Gasteiger partial charge is 0.348 e. The standard InChI is InChI=1S/C11H13NO4S/c1-8(4-3-5-12(14)15)9-6-10(17-7-9)11(13)16-2/h3,5-8H,4H2,1-2H3. The first-order chi connectivity index (χ1) is 8.04. The average molecular weight is 255 g/mol. The Balaban J connectivity index is 2.63. The number of nitro groups is 1. The van der Waals surface area contributed by atoms with Gasteiger partial charge in [0, 0.05) is 0 Å². The van der Waals surface area contributed by atoms with Crippen LogP contribution in [-0.2, 0) is 4.74 Å². The lowest BCUT2D eigenvalue weighted by molar-refractivity contribution is -0.402. The number of thiophene rings is 1. The first-order valence-corrected chi connectivity index (χ1v) is 5.89. The van der Waals surface area contributed by atoms with E-state index in [0.29, 0.717) is 11.3 Å². The largest absolute Gasteiger partial charge is 0.465 e. The Labute approximate surface area is 103 Å². The number of hydrogen-bond acceptors (Lipinski definition) is 5. The molecule has 0 amide bonds. The zero-order valence-corrected chi connectivity index (χ0v) is 10.4. The van der Waals surface area contributed by atoms with Crippen molar-refractivity contribution in [1.82, 2.24) is 0 Å². The topological polar surface area (TPSA) is 69.4 Å². The molecule has 1 heterocycles. The van der Waals surface area contributed by atoms with Gasteiger partial charge in [-0.25, -0.2) is 4.79 Å². The van der Waals surface area contributed by atoms with Crippen LogP contribution in [-0.4, -0.2) is 18.0 Å². The van der Waals surface area contributed by atoms with Gasteiger partial charge in [0.2, 0.25) is 6.20 Å². The lowest BCUT2D eigenvalue weighted by Crippen LogP contribution is -1.97. The normalized spacial score (nSPS) is 12.6. The van der Waals surface area contributed by atoms with Gasteiger partial charge < -0.3 is 4.74 Å². The summed E-state index contributed by atoms with van der Waals surface area (Å²) in [5.74, 6) is -0.213. The molecule has 1 aromatic heterocycles. The van der Waals surface area contributed by atoms with E-state index in [0.717, 1.165) is 11.8 Å². The molecular formula is C11H13NO4S. The molecule has 6 heteroatoms. The minimum Gasteiger partial charge on any atom is -0.465 e. The van der Waals surface area contributed by atoms with Gasteiger partial charge in [0.15, 0.2) is 0 Å². The van der Waals surface area contributed by atoms with E-state index in [1.807, 2.05) is 12.3 Å². The highest BCUT2D eigenvalue weighted by Crippen LogP contribution is 2.25. The molecule has 0 saturated heterocycles. The monoisotopic (exact) mass is 255 g/mol. The molecule has 1 rings (SSSR count). The van der Waals surface area contributed by atoms with E-state index < -0.39 is 4.92 Å². The van der Waals surface area contributed by atoms with Crippen molar-refractivity contribution in [3.05, 3.63) is 44.3 Å². The number of allylic oxidation sites excluding steroid dienone is 1. The number of ether oxygens (including phenoxy) is 1. The van der Waals surface area contributed by atoms with Gasteiger partial charge in [0.1, 0.15) is 4.88 Å². The fraction of sp³-hybridized carbons (Fsp3) is 0.364. The van der Waals surface area contributed by atoms with Crippen LogP contribution in [0.4, 0.5) is 0 Å². The zero-order chi connectivity index (χ0) is 12.8. The molecule has 0 saturated carbocycles. The van der Waals surface area contributed by atoms with Crippen LogP contribution in [0.1, 0.15) is 34.5 Å². The molecule has 0 radical (unpaired) electrons. The summed E-state index contributed by atoms with van der Waals surface area (Å²) >= 11 is 1.32. The van der Waals surface area contributed by atoms with E-state index in [2.05, 4.69) is 4.74 Å². The van der Waals surface area contributed by atoms with Crippen LogP contribution in [0.15, 0.2) is 23.7 Å². The molecule has 0 aliphatic rings. The molecule has 0 bridgehead atoms. The Morgan fingerprint density at radius 1 is 1.71 bits per heavy atom.